The molecule has 0 heterocycles. The van der Waals surface area contributed by atoms with Gasteiger partial charge in [-0.2, -0.15) is 0 Å². The van der Waals surface area contributed by atoms with Crippen LogP contribution < -0.4 is 0 Å². The quantitative estimate of drug-likeness (QED) is 0.475. The molecular formula is C9H13BO. The van der Waals surface area contributed by atoms with Crippen LogP contribution >= 0.6 is 0 Å². The second-order valence-corrected chi connectivity index (χ2v) is 2.47. The fraction of sp³-hybridized carbons (Fsp3) is 0.333. The lowest BCUT2D eigenvalue weighted by atomic mass is 9.94. The van der Waals surface area contributed by atoms with Gasteiger partial charge in [-0.3, -0.25) is 0 Å². The van der Waals surface area contributed by atoms with Crippen LogP contribution in [-0.4, -0.2) is 19.6 Å². The van der Waals surface area contributed by atoms with Gasteiger partial charge >= 0.3 is 0 Å². The molecule has 11 heavy (non-hydrogen) atoms. The first-order valence-corrected chi connectivity index (χ1v) is 3.48. The smallest absolute Gasteiger partial charge is 0.112 e. The van der Waals surface area contributed by atoms with Gasteiger partial charge in [-0.15, -0.1) is 12.1 Å². The highest BCUT2D eigenvalue weighted by Gasteiger charge is 1.90. The van der Waals surface area contributed by atoms with Crippen LogP contribution in [0.1, 0.15) is 13.8 Å². The first-order valence-electron chi connectivity index (χ1n) is 3.48. The molecule has 0 aromatic rings. The van der Waals surface area contributed by atoms with Crippen molar-refractivity contribution in [2.45, 2.75) is 13.8 Å². The van der Waals surface area contributed by atoms with Gasteiger partial charge in [-0.1, -0.05) is 12.2 Å². The Bertz CT molecular complexity index is 202. The van der Waals surface area contributed by atoms with E-state index in [2.05, 4.69) is 6.58 Å². The number of rotatable bonds is 3. The third kappa shape index (κ3) is 4.62. The summed E-state index contributed by atoms with van der Waals surface area (Å²) >= 11 is 0. The van der Waals surface area contributed by atoms with E-state index in [0.717, 1.165) is 11.1 Å². The summed E-state index contributed by atoms with van der Waals surface area (Å²) in [5, 5.41) is 8.56. The summed E-state index contributed by atoms with van der Waals surface area (Å²) in [5.41, 5.74) is 2.60. The molecule has 0 aromatic heterocycles. The number of allylic oxidation sites excluding steroid dienone is 4. The van der Waals surface area contributed by atoms with Gasteiger partial charge in [0.15, 0.2) is 0 Å². The number of aliphatic hydroxyl groups is 1. The average Bonchev–Trinajstić information content (AvgIpc) is 1.86. The van der Waals surface area contributed by atoms with Crippen LogP contribution in [0.15, 0.2) is 35.3 Å². The highest BCUT2D eigenvalue weighted by molar-refractivity contribution is 6.23. The number of hydrogen-bond acceptors (Lipinski definition) is 1. The van der Waals surface area contributed by atoms with Gasteiger partial charge < -0.3 is 5.11 Å². The van der Waals surface area contributed by atoms with E-state index >= 15 is 0 Å². The molecule has 0 aliphatic heterocycles. The van der Waals surface area contributed by atoms with E-state index in [0.29, 0.717) is 5.47 Å². The van der Waals surface area contributed by atoms with Crippen LogP contribution in [0.3, 0.4) is 0 Å². The van der Waals surface area contributed by atoms with Crippen molar-refractivity contribution in [3.63, 3.8) is 0 Å². The van der Waals surface area contributed by atoms with Gasteiger partial charge in [-0.25, -0.2) is 0 Å². The van der Waals surface area contributed by atoms with E-state index in [1.165, 1.54) is 0 Å². The fourth-order valence-electron chi connectivity index (χ4n) is 0.690. The van der Waals surface area contributed by atoms with Crippen molar-refractivity contribution in [3.8, 4) is 0 Å². The summed E-state index contributed by atoms with van der Waals surface area (Å²) in [6.45, 7) is 7.46. The summed E-state index contributed by atoms with van der Waals surface area (Å²) < 4.78 is 0. The van der Waals surface area contributed by atoms with Crippen LogP contribution in [0.4, 0.5) is 0 Å². The summed E-state index contributed by atoms with van der Waals surface area (Å²) in [7, 11) is 5.37. The molecule has 0 aliphatic carbocycles. The molecule has 0 aromatic carbocycles. The third-order valence-electron chi connectivity index (χ3n) is 1.42. The highest BCUT2D eigenvalue weighted by atomic mass is 16.2. The maximum Gasteiger partial charge on any atom is 0.112 e. The van der Waals surface area contributed by atoms with Crippen LogP contribution in [0, 0.1) is 0 Å². The van der Waals surface area contributed by atoms with Gasteiger partial charge in [0.2, 0.25) is 0 Å². The molecule has 0 amide bonds. The summed E-state index contributed by atoms with van der Waals surface area (Å²) in [4.78, 5) is 0. The van der Waals surface area contributed by atoms with Crippen molar-refractivity contribution in [1.29, 1.82) is 0 Å². The molecule has 0 rings (SSSR count). The van der Waals surface area contributed by atoms with Gasteiger partial charge in [0.05, 0.1) is 6.61 Å². The minimum Gasteiger partial charge on any atom is -0.392 e. The average molecular weight is 148 g/mol. The van der Waals surface area contributed by atoms with Crippen LogP contribution in [0.5, 0.6) is 0 Å². The SMILES string of the molecule is [B]C(=C)/C=C(C)\C(C)=C/CO. The standard InChI is InChI=1S/C9H13BO/c1-7(4-5-11)8(2)6-9(3)10/h4,6,11H,3,5H2,1-2H3/b7-4-,8-6-. The van der Waals surface area contributed by atoms with E-state index in [1.54, 1.807) is 12.2 Å². The molecule has 1 nitrogen and oxygen atoms in total. The lowest BCUT2D eigenvalue weighted by Crippen LogP contribution is -1.84. The predicted octanol–water partition coefficient (Wildman–Crippen LogP) is 1.55. The van der Waals surface area contributed by atoms with Gasteiger partial charge in [0.1, 0.15) is 7.85 Å². The van der Waals surface area contributed by atoms with Crippen molar-refractivity contribution in [3.05, 3.63) is 35.3 Å². The Kier molecular flexibility index (Phi) is 4.63. The fourth-order valence-corrected chi connectivity index (χ4v) is 0.690. The molecule has 0 bridgehead atoms. The van der Waals surface area contributed by atoms with Gasteiger partial charge in [-0.05, 0) is 25.0 Å². The molecule has 58 valence electrons. The Balaban J connectivity index is 4.35. The molecule has 2 radical (unpaired) electrons. The van der Waals surface area contributed by atoms with Crippen molar-refractivity contribution in [2.75, 3.05) is 6.61 Å². The molecule has 0 saturated heterocycles. The first kappa shape index (κ1) is 10.2. The van der Waals surface area contributed by atoms with Gasteiger partial charge in [0, 0.05) is 0 Å². The van der Waals surface area contributed by atoms with E-state index < -0.39 is 0 Å². The summed E-state index contributed by atoms with van der Waals surface area (Å²) in [6.07, 6.45) is 3.51. The Labute approximate surface area is 69.5 Å². The molecular weight excluding hydrogens is 135 g/mol. The zero-order valence-corrected chi connectivity index (χ0v) is 7.09. The van der Waals surface area contributed by atoms with E-state index in [9.17, 15) is 0 Å². The van der Waals surface area contributed by atoms with E-state index in [1.807, 2.05) is 13.8 Å². The summed E-state index contributed by atoms with van der Waals surface area (Å²) in [6, 6.07) is 0. The normalized spacial score (nSPS) is 13.4. The van der Waals surface area contributed by atoms with Crippen molar-refractivity contribution in [1.82, 2.24) is 0 Å². The Morgan fingerprint density at radius 1 is 1.45 bits per heavy atom. The second-order valence-electron chi connectivity index (χ2n) is 2.47. The highest BCUT2D eigenvalue weighted by Crippen LogP contribution is 2.08. The van der Waals surface area contributed by atoms with Crippen molar-refractivity contribution in [2.24, 2.45) is 0 Å². The molecule has 0 spiro atoms. The van der Waals surface area contributed by atoms with Crippen molar-refractivity contribution < 1.29 is 5.11 Å². The topological polar surface area (TPSA) is 20.2 Å². The lowest BCUT2D eigenvalue weighted by Gasteiger charge is -2.00. The molecule has 0 fully saturated rings. The Hall–Kier alpha value is -0.755. The van der Waals surface area contributed by atoms with Crippen LogP contribution in [0.25, 0.3) is 0 Å². The Morgan fingerprint density at radius 3 is 2.36 bits per heavy atom. The molecule has 1 N–H and O–H groups in total. The molecule has 0 atom stereocenters. The molecule has 2 heteroatoms. The largest absolute Gasteiger partial charge is 0.392 e. The van der Waals surface area contributed by atoms with E-state index in [-0.39, 0.29) is 6.61 Å². The summed E-state index contributed by atoms with van der Waals surface area (Å²) in [5.74, 6) is 0. The molecule has 0 saturated carbocycles. The van der Waals surface area contributed by atoms with Crippen LogP contribution in [0.2, 0.25) is 0 Å². The molecule has 0 aliphatic rings. The van der Waals surface area contributed by atoms with Crippen LogP contribution in [-0.2, 0) is 0 Å². The minimum absolute atomic E-state index is 0.0636. The minimum atomic E-state index is 0.0636. The zero-order valence-electron chi connectivity index (χ0n) is 7.09. The zero-order chi connectivity index (χ0) is 8.85. The van der Waals surface area contributed by atoms with E-state index in [4.69, 9.17) is 13.0 Å². The van der Waals surface area contributed by atoms with Gasteiger partial charge in [0.25, 0.3) is 0 Å². The number of aliphatic hydroxyl groups excluding tert-OH is 1. The molecule has 0 unspecified atom stereocenters. The second kappa shape index (κ2) is 4.97. The maximum absolute atomic E-state index is 8.56. The monoisotopic (exact) mass is 148 g/mol. The number of hydrogen-bond donors (Lipinski definition) is 1. The van der Waals surface area contributed by atoms with Crippen molar-refractivity contribution >= 4 is 7.85 Å². The Morgan fingerprint density at radius 2 is 2.00 bits per heavy atom. The third-order valence-corrected chi connectivity index (χ3v) is 1.42. The first-order chi connectivity index (χ1) is 5.07. The predicted molar refractivity (Wildman–Crippen MR) is 49.5 cm³/mol. The maximum atomic E-state index is 8.56. The lowest BCUT2D eigenvalue weighted by molar-refractivity contribution is 0.342.